The van der Waals surface area contributed by atoms with Gasteiger partial charge in [-0.3, -0.25) is 14.7 Å². The standard InChI is InChI=1S/C31H33ClN4O5/c1-19(2)41-26-17-24(40-4)13-14-25(26)30-34-28(20-7-11-23(39-3)12-8-20)29(21-5-9-22(32)10-6-21)36(30)31(38)35-16-15-33-27(37)18-35/h5-14,17,19,28-29H,15-16,18H2,1-4H3,(H,33,37)/t28-,29+/m1/s1. The Bertz CT molecular complexity index is 1440. The quantitative estimate of drug-likeness (QED) is 0.415. The number of halogens is 1. The summed E-state index contributed by atoms with van der Waals surface area (Å²) in [5.74, 6) is 2.12. The van der Waals surface area contributed by atoms with Gasteiger partial charge in [-0.25, -0.2) is 4.79 Å². The molecule has 0 aromatic heterocycles. The average Bonchev–Trinajstić information content (AvgIpc) is 3.37. The third-order valence-corrected chi connectivity index (χ3v) is 7.29. The summed E-state index contributed by atoms with van der Waals surface area (Å²) in [5, 5.41) is 3.38. The number of rotatable bonds is 7. The SMILES string of the molecule is COc1ccc([C@H]2N=C(c3ccc(OC)cc3OC(C)C)N(C(=O)N3CCNC(=O)C3)[C@H]2c2ccc(Cl)cc2)cc1. The normalized spacial score (nSPS) is 18.7. The topological polar surface area (TPSA) is 92.7 Å². The lowest BCUT2D eigenvalue weighted by atomic mass is 9.93. The molecule has 2 aliphatic heterocycles. The molecule has 41 heavy (non-hydrogen) atoms. The molecule has 3 amide bonds. The van der Waals surface area contributed by atoms with Gasteiger partial charge in [-0.05, 0) is 61.4 Å². The van der Waals surface area contributed by atoms with Crippen molar-refractivity contribution in [1.29, 1.82) is 0 Å². The van der Waals surface area contributed by atoms with E-state index < -0.39 is 12.1 Å². The molecule has 3 aromatic carbocycles. The number of ether oxygens (including phenoxy) is 3. The Morgan fingerprint density at radius 2 is 1.63 bits per heavy atom. The summed E-state index contributed by atoms with van der Waals surface area (Å²) in [7, 11) is 3.21. The highest BCUT2D eigenvalue weighted by Gasteiger charge is 2.45. The van der Waals surface area contributed by atoms with Crippen LogP contribution < -0.4 is 19.5 Å². The molecule has 1 fully saturated rings. The molecule has 2 atom stereocenters. The summed E-state index contributed by atoms with van der Waals surface area (Å²) >= 11 is 6.26. The van der Waals surface area contributed by atoms with Crippen molar-refractivity contribution < 1.29 is 23.8 Å². The second-order valence-electron chi connectivity index (χ2n) is 10.1. The van der Waals surface area contributed by atoms with Crippen molar-refractivity contribution in [2.75, 3.05) is 33.9 Å². The highest BCUT2D eigenvalue weighted by atomic mass is 35.5. The zero-order valence-electron chi connectivity index (χ0n) is 23.5. The minimum atomic E-state index is -0.526. The number of urea groups is 1. The second-order valence-corrected chi connectivity index (χ2v) is 10.6. The number of carbonyl (C=O) groups is 2. The van der Waals surface area contributed by atoms with E-state index >= 15 is 0 Å². The van der Waals surface area contributed by atoms with Crippen molar-refractivity contribution in [1.82, 2.24) is 15.1 Å². The Balaban J connectivity index is 1.70. The zero-order chi connectivity index (χ0) is 29.1. The van der Waals surface area contributed by atoms with Crippen LogP contribution in [0.5, 0.6) is 17.2 Å². The van der Waals surface area contributed by atoms with Crippen LogP contribution in [0, 0.1) is 0 Å². The predicted octanol–water partition coefficient (Wildman–Crippen LogP) is 5.24. The molecule has 9 nitrogen and oxygen atoms in total. The first-order valence-corrected chi connectivity index (χ1v) is 13.8. The molecule has 0 spiro atoms. The number of piperazine rings is 1. The van der Waals surface area contributed by atoms with Gasteiger partial charge in [0.2, 0.25) is 5.91 Å². The van der Waals surface area contributed by atoms with Crippen LogP contribution in [0.15, 0.2) is 71.7 Å². The molecule has 0 radical (unpaired) electrons. The van der Waals surface area contributed by atoms with Crippen molar-refractivity contribution in [3.63, 3.8) is 0 Å². The first kappa shape index (κ1) is 28.3. The summed E-state index contributed by atoms with van der Waals surface area (Å²) in [6.45, 7) is 4.59. The van der Waals surface area contributed by atoms with Crippen molar-refractivity contribution in [2.24, 2.45) is 4.99 Å². The smallest absolute Gasteiger partial charge is 0.326 e. The average molecular weight is 577 g/mol. The number of hydrogen-bond donors (Lipinski definition) is 1. The molecule has 0 bridgehead atoms. The highest BCUT2D eigenvalue weighted by Crippen LogP contribution is 2.46. The van der Waals surface area contributed by atoms with E-state index in [1.54, 1.807) is 42.2 Å². The lowest BCUT2D eigenvalue weighted by Gasteiger charge is -2.36. The molecule has 214 valence electrons. The molecule has 0 saturated carbocycles. The number of amides is 3. The molecular weight excluding hydrogens is 544 g/mol. The van der Waals surface area contributed by atoms with Gasteiger partial charge in [0.15, 0.2) is 0 Å². The summed E-state index contributed by atoms with van der Waals surface area (Å²) in [4.78, 5) is 35.2. The molecule has 2 heterocycles. The maximum atomic E-state index is 14.4. The van der Waals surface area contributed by atoms with Crippen LogP contribution >= 0.6 is 11.6 Å². The molecular formula is C31H33ClN4O5. The molecule has 0 aliphatic carbocycles. The van der Waals surface area contributed by atoms with E-state index in [9.17, 15) is 9.59 Å². The van der Waals surface area contributed by atoms with Crippen molar-refractivity contribution in [3.05, 3.63) is 88.4 Å². The van der Waals surface area contributed by atoms with E-state index in [4.69, 9.17) is 30.8 Å². The first-order chi connectivity index (χ1) is 19.8. The van der Waals surface area contributed by atoms with E-state index in [1.165, 1.54) is 0 Å². The van der Waals surface area contributed by atoms with Gasteiger partial charge in [0.25, 0.3) is 0 Å². The summed E-state index contributed by atoms with van der Waals surface area (Å²) in [5.41, 5.74) is 2.39. The molecule has 3 aromatic rings. The van der Waals surface area contributed by atoms with E-state index in [0.717, 1.165) is 11.1 Å². The van der Waals surface area contributed by atoms with Crippen molar-refractivity contribution >= 4 is 29.4 Å². The number of hydrogen-bond acceptors (Lipinski definition) is 6. The van der Waals surface area contributed by atoms with E-state index in [-0.39, 0.29) is 24.6 Å². The monoisotopic (exact) mass is 576 g/mol. The summed E-state index contributed by atoms with van der Waals surface area (Å²) in [6, 6.07) is 19.3. The molecule has 1 saturated heterocycles. The fourth-order valence-electron chi connectivity index (χ4n) is 5.12. The van der Waals surface area contributed by atoms with Crippen molar-refractivity contribution in [3.8, 4) is 17.2 Å². The van der Waals surface area contributed by atoms with Gasteiger partial charge in [0.1, 0.15) is 35.7 Å². The lowest BCUT2D eigenvalue weighted by molar-refractivity contribution is -0.123. The lowest BCUT2D eigenvalue weighted by Crippen LogP contribution is -2.55. The fraction of sp³-hybridized carbons (Fsp3) is 0.323. The molecule has 0 unspecified atom stereocenters. The van der Waals surface area contributed by atoms with Gasteiger partial charge in [0.05, 0.1) is 31.9 Å². The number of benzene rings is 3. The maximum absolute atomic E-state index is 14.4. The van der Waals surface area contributed by atoms with Gasteiger partial charge >= 0.3 is 6.03 Å². The molecule has 5 rings (SSSR count). The zero-order valence-corrected chi connectivity index (χ0v) is 24.2. The maximum Gasteiger partial charge on any atom is 0.326 e. The summed E-state index contributed by atoms with van der Waals surface area (Å²) in [6.07, 6.45) is -0.137. The first-order valence-electron chi connectivity index (χ1n) is 13.5. The van der Waals surface area contributed by atoms with Crippen LogP contribution in [0.4, 0.5) is 4.79 Å². The third kappa shape index (κ3) is 5.95. The van der Waals surface area contributed by atoms with E-state index in [1.807, 2.05) is 62.4 Å². The third-order valence-electron chi connectivity index (χ3n) is 7.04. The Morgan fingerprint density at radius 1 is 0.976 bits per heavy atom. The van der Waals surface area contributed by atoms with Crippen LogP contribution in [0.2, 0.25) is 5.02 Å². The fourth-order valence-corrected chi connectivity index (χ4v) is 5.24. The van der Waals surface area contributed by atoms with Gasteiger partial charge in [0, 0.05) is 24.2 Å². The minimum Gasteiger partial charge on any atom is -0.497 e. The minimum absolute atomic E-state index is 0.0406. The van der Waals surface area contributed by atoms with Gasteiger partial charge < -0.3 is 24.4 Å². The van der Waals surface area contributed by atoms with Crippen LogP contribution in [0.25, 0.3) is 0 Å². The van der Waals surface area contributed by atoms with Gasteiger partial charge in [-0.15, -0.1) is 0 Å². The Labute approximate surface area is 244 Å². The van der Waals surface area contributed by atoms with E-state index in [2.05, 4.69) is 5.32 Å². The molecule has 10 heteroatoms. The van der Waals surface area contributed by atoms with Gasteiger partial charge in [-0.2, -0.15) is 0 Å². The second kappa shape index (κ2) is 12.1. The molecule has 2 aliphatic rings. The van der Waals surface area contributed by atoms with Crippen molar-refractivity contribution in [2.45, 2.75) is 32.0 Å². The number of carbonyl (C=O) groups excluding carboxylic acids is 2. The number of methoxy groups -OCH3 is 2. The van der Waals surface area contributed by atoms with Crippen LogP contribution in [-0.2, 0) is 4.79 Å². The number of aliphatic imine (C=N–C) groups is 1. The molecule has 1 N–H and O–H groups in total. The number of nitrogens with zero attached hydrogens (tertiary/aromatic N) is 3. The van der Waals surface area contributed by atoms with Crippen LogP contribution in [-0.4, -0.2) is 67.5 Å². The number of amidine groups is 1. The number of nitrogens with one attached hydrogen (secondary N) is 1. The summed E-state index contributed by atoms with van der Waals surface area (Å²) < 4.78 is 17.1. The Morgan fingerprint density at radius 3 is 2.27 bits per heavy atom. The van der Waals surface area contributed by atoms with Gasteiger partial charge in [-0.1, -0.05) is 35.9 Å². The Hall–Kier alpha value is -4.24. The predicted molar refractivity (Wildman–Crippen MR) is 157 cm³/mol. The van der Waals surface area contributed by atoms with Crippen LogP contribution in [0.3, 0.4) is 0 Å². The Kier molecular flexibility index (Phi) is 8.35. The highest BCUT2D eigenvalue weighted by molar-refractivity contribution is 6.30. The van der Waals surface area contributed by atoms with E-state index in [0.29, 0.717) is 46.8 Å². The van der Waals surface area contributed by atoms with Crippen LogP contribution in [0.1, 0.15) is 42.6 Å². The largest absolute Gasteiger partial charge is 0.497 e.